The average Bonchev–Trinajstić information content (AvgIpc) is 2.62. The monoisotopic (exact) mass is 348 g/mol. The van der Waals surface area contributed by atoms with Crippen LogP contribution in [0.25, 0.3) is 0 Å². The largest absolute Gasteiger partial charge is 0.369 e. The summed E-state index contributed by atoms with van der Waals surface area (Å²) in [5, 5.41) is 0. The molecule has 8 heteroatoms. The zero-order valence-electron chi connectivity index (χ0n) is 13.7. The standard InChI is InChI=1S/C16H20N4O3S/c1-19(2)16-15(17-8-9-18-16)14-12-20(10-11-23-14)24(21,22)13-6-4-3-5-7-13/h3-9,14H,10-12H2,1-2H3. The number of hydrogen-bond acceptors (Lipinski definition) is 6. The molecule has 0 aliphatic carbocycles. The zero-order valence-corrected chi connectivity index (χ0v) is 14.5. The van der Waals surface area contributed by atoms with Gasteiger partial charge in [0.2, 0.25) is 10.0 Å². The van der Waals surface area contributed by atoms with Crippen molar-refractivity contribution in [2.45, 2.75) is 11.0 Å². The molecule has 3 rings (SSSR count). The van der Waals surface area contributed by atoms with Crippen LogP contribution in [0.1, 0.15) is 11.8 Å². The van der Waals surface area contributed by atoms with Crippen LogP contribution in [0.2, 0.25) is 0 Å². The van der Waals surface area contributed by atoms with Gasteiger partial charge >= 0.3 is 0 Å². The molecule has 1 fully saturated rings. The Balaban J connectivity index is 1.88. The third-order valence-corrected chi connectivity index (χ3v) is 5.72. The molecule has 0 N–H and O–H groups in total. The predicted molar refractivity (Wildman–Crippen MR) is 90.3 cm³/mol. The normalized spacial score (nSPS) is 19.2. The molecule has 0 bridgehead atoms. The van der Waals surface area contributed by atoms with Gasteiger partial charge in [0.1, 0.15) is 11.8 Å². The molecule has 1 aromatic heterocycles. The van der Waals surface area contributed by atoms with Gasteiger partial charge in [0.25, 0.3) is 0 Å². The molecule has 1 atom stereocenters. The topological polar surface area (TPSA) is 75.6 Å². The fourth-order valence-electron chi connectivity index (χ4n) is 2.66. The van der Waals surface area contributed by atoms with Crippen LogP contribution in [0.5, 0.6) is 0 Å². The van der Waals surface area contributed by atoms with Crippen LogP contribution in [0.15, 0.2) is 47.6 Å². The minimum atomic E-state index is -3.54. The fourth-order valence-corrected chi connectivity index (χ4v) is 4.11. The lowest BCUT2D eigenvalue weighted by Gasteiger charge is -2.32. The van der Waals surface area contributed by atoms with Crippen LogP contribution in [0, 0.1) is 0 Å². The number of nitrogens with zero attached hydrogens (tertiary/aromatic N) is 4. The summed E-state index contributed by atoms with van der Waals surface area (Å²) in [6.45, 7) is 0.863. The summed E-state index contributed by atoms with van der Waals surface area (Å²) in [5.74, 6) is 0.682. The van der Waals surface area contributed by atoms with Gasteiger partial charge in [-0.05, 0) is 12.1 Å². The summed E-state index contributed by atoms with van der Waals surface area (Å²) < 4.78 is 32.8. The van der Waals surface area contributed by atoms with E-state index in [0.29, 0.717) is 24.7 Å². The lowest BCUT2D eigenvalue weighted by molar-refractivity contribution is -0.00480. The van der Waals surface area contributed by atoms with Crippen LogP contribution in [0.4, 0.5) is 5.82 Å². The van der Waals surface area contributed by atoms with E-state index in [1.165, 1.54) is 4.31 Å². The van der Waals surface area contributed by atoms with Crippen molar-refractivity contribution in [3.05, 3.63) is 48.4 Å². The molecule has 24 heavy (non-hydrogen) atoms. The van der Waals surface area contributed by atoms with E-state index >= 15 is 0 Å². The number of anilines is 1. The highest BCUT2D eigenvalue weighted by Gasteiger charge is 2.33. The molecule has 1 saturated heterocycles. The van der Waals surface area contributed by atoms with Crippen molar-refractivity contribution in [1.29, 1.82) is 0 Å². The van der Waals surface area contributed by atoms with Gasteiger partial charge in [-0.1, -0.05) is 18.2 Å². The fraction of sp³-hybridized carbons (Fsp3) is 0.375. The second-order valence-corrected chi connectivity index (χ2v) is 7.63. The summed E-state index contributed by atoms with van der Waals surface area (Å²) in [7, 11) is 0.195. The lowest BCUT2D eigenvalue weighted by Crippen LogP contribution is -2.42. The van der Waals surface area contributed by atoms with Crippen molar-refractivity contribution >= 4 is 15.8 Å². The third-order valence-electron chi connectivity index (χ3n) is 3.84. The molecule has 1 unspecified atom stereocenters. The molecule has 1 aromatic carbocycles. The van der Waals surface area contributed by atoms with Gasteiger partial charge in [0.05, 0.1) is 11.5 Å². The van der Waals surface area contributed by atoms with E-state index in [-0.39, 0.29) is 11.4 Å². The summed E-state index contributed by atoms with van der Waals surface area (Å²) >= 11 is 0. The van der Waals surface area contributed by atoms with E-state index in [1.54, 1.807) is 42.7 Å². The van der Waals surface area contributed by atoms with Crippen LogP contribution >= 0.6 is 0 Å². The van der Waals surface area contributed by atoms with Gasteiger partial charge in [-0.25, -0.2) is 13.4 Å². The number of rotatable bonds is 4. The Morgan fingerprint density at radius 1 is 1.17 bits per heavy atom. The summed E-state index contributed by atoms with van der Waals surface area (Å²) in [6, 6.07) is 8.44. The molecular formula is C16H20N4O3S. The molecule has 128 valence electrons. The summed E-state index contributed by atoms with van der Waals surface area (Å²) in [4.78, 5) is 10.8. The molecule has 2 heterocycles. The first-order valence-electron chi connectivity index (χ1n) is 7.65. The van der Waals surface area contributed by atoms with E-state index in [4.69, 9.17) is 4.74 Å². The van der Waals surface area contributed by atoms with E-state index in [9.17, 15) is 8.42 Å². The number of hydrogen-bond donors (Lipinski definition) is 0. The second-order valence-electron chi connectivity index (χ2n) is 5.70. The van der Waals surface area contributed by atoms with E-state index in [1.807, 2.05) is 19.0 Å². The number of benzene rings is 1. The Kier molecular flexibility index (Phi) is 4.79. The maximum Gasteiger partial charge on any atom is 0.243 e. The van der Waals surface area contributed by atoms with Crippen molar-refractivity contribution in [1.82, 2.24) is 14.3 Å². The van der Waals surface area contributed by atoms with Crippen LogP contribution in [0.3, 0.4) is 0 Å². The molecule has 0 spiro atoms. The van der Waals surface area contributed by atoms with Crippen molar-refractivity contribution in [2.75, 3.05) is 38.7 Å². The third kappa shape index (κ3) is 3.26. The molecule has 1 aliphatic rings. The Hall–Kier alpha value is -2.03. The Labute approximate surface area is 142 Å². The Morgan fingerprint density at radius 3 is 2.58 bits per heavy atom. The quantitative estimate of drug-likeness (QED) is 0.829. The SMILES string of the molecule is CN(C)c1nccnc1C1CN(S(=O)(=O)c2ccccc2)CCO1. The maximum absolute atomic E-state index is 12.8. The smallest absolute Gasteiger partial charge is 0.243 e. The summed E-state index contributed by atoms with van der Waals surface area (Å²) in [5.41, 5.74) is 0.649. The number of sulfonamides is 1. The predicted octanol–water partition coefficient (Wildman–Crippen LogP) is 1.30. The number of morpholine rings is 1. The van der Waals surface area contributed by atoms with Gasteiger partial charge in [-0.15, -0.1) is 0 Å². The lowest BCUT2D eigenvalue weighted by atomic mass is 10.2. The van der Waals surface area contributed by atoms with Gasteiger partial charge in [-0.2, -0.15) is 4.31 Å². The van der Waals surface area contributed by atoms with Crippen LogP contribution < -0.4 is 4.90 Å². The molecular weight excluding hydrogens is 328 g/mol. The maximum atomic E-state index is 12.8. The van der Waals surface area contributed by atoms with E-state index < -0.39 is 16.1 Å². The van der Waals surface area contributed by atoms with Crippen molar-refractivity contribution in [3.63, 3.8) is 0 Å². The Bertz CT molecular complexity index is 796. The molecule has 0 saturated carbocycles. The molecule has 0 radical (unpaired) electrons. The molecule has 7 nitrogen and oxygen atoms in total. The highest BCUT2D eigenvalue weighted by atomic mass is 32.2. The summed E-state index contributed by atoms with van der Waals surface area (Å²) in [6.07, 6.45) is 2.76. The first kappa shape index (κ1) is 16.8. The van der Waals surface area contributed by atoms with Crippen molar-refractivity contribution < 1.29 is 13.2 Å². The highest BCUT2D eigenvalue weighted by molar-refractivity contribution is 7.89. The van der Waals surface area contributed by atoms with Gasteiger partial charge in [0.15, 0.2) is 5.82 Å². The minimum Gasteiger partial charge on any atom is -0.369 e. The zero-order chi connectivity index (χ0) is 17.2. The van der Waals surface area contributed by atoms with Crippen LogP contribution in [-0.4, -0.2) is 56.5 Å². The first-order valence-corrected chi connectivity index (χ1v) is 9.09. The number of aromatic nitrogens is 2. The van der Waals surface area contributed by atoms with E-state index in [2.05, 4.69) is 9.97 Å². The molecule has 1 aliphatic heterocycles. The molecule has 0 amide bonds. The molecule has 2 aromatic rings. The van der Waals surface area contributed by atoms with Gasteiger partial charge in [-0.3, -0.25) is 4.98 Å². The van der Waals surface area contributed by atoms with Crippen molar-refractivity contribution in [2.24, 2.45) is 0 Å². The number of ether oxygens (including phenoxy) is 1. The Morgan fingerprint density at radius 2 is 1.88 bits per heavy atom. The minimum absolute atomic E-state index is 0.219. The van der Waals surface area contributed by atoms with E-state index in [0.717, 1.165) is 0 Å². The first-order chi connectivity index (χ1) is 11.5. The van der Waals surface area contributed by atoms with Gasteiger partial charge < -0.3 is 9.64 Å². The van der Waals surface area contributed by atoms with Gasteiger partial charge in [0, 0.05) is 39.6 Å². The van der Waals surface area contributed by atoms with Crippen molar-refractivity contribution in [3.8, 4) is 0 Å². The highest BCUT2D eigenvalue weighted by Crippen LogP contribution is 2.29. The van der Waals surface area contributed by atoms with Crippen LogP contribution in [-0.2, 0) is 14.8 Å². The average molecular weight is 348 g/mol. The second kappa shape index (κ2) is 6.84.